The van der Waals surface area contributed by atoms with Crippen LogP contribution in [0.15, 0.2) is 24.3 Å². The van der Waals surface area contributed by atoms with Crippen LogP contribution in [0.4, 0.5) is 0 Å². The Morgan fingerprint density at radius 1 is 1.26 bits per heavy atom. The van der Waals surface area contributed by atoms with Gasteiger partial charge in [-0.3, -0.25) is 9.69 Å². The number of fused-ring (bicyclic) bond motifs is 1. The minimum atomic E-state index is -0.493. The molecule has 2 aliphatic rings. The van der Waals surface area contributed by atoms with E-state index in [2.05, 4.69) is 34.5 Å². The highest BCUT2D eigenvalue weighted by atomic mass is 16.3. The summed E-state index contributed by atoms with van der Waals surface area (Å²) in [5.74, 6) is 0.658. The van der Waals surface area contributed by atoms with Crippen LogP contribution in [0.25, 0.3) is 0 Å². The number of carbonyl (C=O) groups excluding carboxylic acids is 1. The van der Waals surface area contributed by atoms with Gasteiger partial charge in [0.2, 0.25) is 5.91 Å². The van der Waals surface area contributed by atoms with Crippen LogP contribution in [0.5, 0.6) is 0 Å². The third-order valence-electron chi connectivity index (χ3n) is 5.16. The smallest absolute Gasteiger partial charge is 0.220 e. The number of carbonyl (C=O) groups is 1. The molecule has 0 bridgehead atoms. The van der Waals surface area contributed by atoms with Gasteiger partial charge in [0.25, 0.3) is 0 Å². The van der Waals surface area contributed by atoms with Crippen molar-refractivity contribution < 1.29 is 9.90 Å². The van der Waals surface area contributed by atoms with Crippen LogP contribution in [-0.2, 0) is 17.8 Å². The molecule has 0 saturated heterocycles. The fourth-order valence-electron chi connectivity index (χ4n) is 3.85. The third kappa shape index (κ3) is 4.79. The lowest BCUT2D eigenvalue weighted by Crippen LogP contribution is -2.42. The molecule has 0 spiro atoms. The van der Waals surface area contributed by atoms with Gasteiger partial charge in [-0.25, -0.2) is 0 Å². The Balaban J connectivity index is 1.38. The number of β-amino-alcohol motifs (C(OH)–C–C–N with tert-alkyl or cyclic N) is 1. The number of nitrogens with zero attached hydrogens (tertiary/aromatic N) is 1. The second-order valence-corrected chi connectivity index (χ2v) is 7.07. The average molecular weight is 316 g/mol. The first-order valence-electron chi connectivity index (χ1n) is 8.94. The number of nitrogens with one attached hydrogen (secondary N) is 1. The van der Waals surface area contributed by atoms with Crippen LogP contribution in [0.2, 0.25) is 0 Å². The van der Waals surface area contributed by atoms with Crippen LogP contribution in [-0.4, -0.2) is 41.7 Å². The molecule has 4 heteroatoms. The zero-order valence-electron chi connectivity index (χ0n) is 13.8. The number of hydrogen-bond acceptors (Lipinski definition) is 3. The largest absolute Gasteiger partial charge is 0.390 e. The van der Waals surface area contributed by atoms with E-state index >= 15 is 0 Å². The molecular formula is C19H28N2O2. The highest BCUT2D eigenvalue weighted by Crippen LogP contribution is 2.27. The fraction of sp³-hybridized carbons (Fsp3) is 0.632. The van der Waals surface area contributed by atoms with E-state index in [4.69, 9.17) is 0 Å². The monoisotopic (exact) mass is 316 g/mol. The normalized spacial score (nSPS) is 20.2. The predicted octanol–water partition coefficient (Wildman–Crippen LogP) is 2.10. The molecule has 0 radical (unpaired) electrons. The van der Waals surface area contributed by atoms with Crippen LogP contribution >= 0.6 is 0 Å². The SMILES string of the molecule is O=C(CC1CCCC1)NCC(O)CN1CCc2ccccc2C1. The molecule has 2 N–H and O–H groups in total. The number of hydrogen-bond donors (Lipinski definition) is 2. The molecule has 3 rings (SSSR count). The van der Waals surface area contributed by atoms with E-state index in [9.17, 15) is 9.90 Å². The molecule has 1 aliphatic carbocycles. The zero-order chi connectivity index (χ0) is 16.1. The molecule has 4 nitrogen and oxygen atoms in total. The summed E-state index contributed by atoms with van der Waals surface area (Å²) in [6.45, 7) is 2.86. The van der Waals surface area contributed by atoms with E-state index in [1.807, 2.05) is 0 Å². The maximum atomic E-state index is 11.9. The molecular weight excluding hydrogens is 288 g/mol. The van der Waals surface area contributed by atoms with E-state index < -0.39 is 6.10 Å². The number of aliphatic hydroxyl groups excluding tert-OH is 1. The minimum absolute atomic E-state index is 0.0972. The first-order valence-corrected chi connectivity index (χ1v) is 8.94. The Bertz CT molecular complexity index is 526. The summed E-state index contributed by atoms with van der Waals surface area (Å²) < 4.78 is 0. The third-order valence-corrected chi connectivity index (χ3v) is 5.16. The lowest BCUT2D eigenvalue weighted by molar-refractivity contribution is -0.122. The molecule has 1 atom stereocenters. The second kappa shape index (κ2) is 7.93. The van der Waals surface area contributed by atoms with Crippen molar-refractivity contribution in [3.8, 4) is 0 Å². The summed E-state index contributed by atoms with van der Waals surface area (Å²) in [5.41, 5.74) is 2.78. The van der Waals surface area contributed by atoms with Crippen molar-refractivity contribution in [2.24, 2.45) is 5.92 Å². The Hall–Kier alpha value is -1.39. The number of amides is 1. The van der Waals surface area contributed by atoms with Gasteiger partial charge >= 0.3 is 0 Å². The molecule has 1 saturated carbocycles. The van der Waals surface area contributed by atoms with Crippen LogP contribution in [0.1, 0.15) is 43.2 Å². The van der Waals surface area contributed by atoms with Crippen molar-refractivity contribution in [2.45, 2.75) is 51.2 Å². The van der Waals surface area contributed by atoms with Gasteiger partial charge in [0.15, 0.2) is 0 Å². The predicted molar refractivity (Wildman–Crippen MR) is 91.0 cm³/mol. The van der Waals surface area contributed by atoms with Crippen molar-refractivity contribution >= 4 is 5.91 Å². The summed E-state index contributed by atoms with van der Waals surface area (Å²) >= 11 is 0. The van der Waals surface area contributed by atoms with Crippen LogP contribution in [0.3, 0.4) is 0 Å². The summed E-state index contributed by atoms with van der Waals surface area (Å²) in [6, 6.07) is 8.51. The standard InChI is InChI=1S/C19H28N2O2/c22-18(12-20-19(23)11-15-5-1-2-6-15)14-21-10-9-16-7-3-4-8-17(16)13-21/h3-4,7-8,15,18,22H,1-2,5-6,9-14H2,(H,20,23). The molecule has 1 aromatic carbocycles. The molecule has 1 fully saturated rings. The molecule has 1 unspecified atom stereocenters. The highest BCUT2D eigenvalue weighted by Gasteiger charge is 2.20. The minimum Gasteiger partial charge on any atom is -0.390 e. The van der Waals surface area contributed by atoms with E-state index in [1.165, 1.54) is 36.8 Å². The topological polar surface area (TPSA) is 52.6 Å². The van der Waals surface area contributed by atoms with Gasteiger partial charge in [-0.05, 0) is 36.3 Å². The Kier molecular flexibility index (Phi) is 5.68. The van der Waals surface area contributed by atoms with Gasteiger partial charge < -0.3 is 10.4 Å². The second-order valence-electron chi connectivity index (χ2n) is 7.07. The molecule has 126 valence electrons. The van der Waals surface area contributed by atoms with Crippen LogP contribution in [0, 0.1) is 5.92 Å². The van der Waals surface area contributed by atoms with Crippen molar-refractivity contribution in [1.29, 1.82) is 0 Å². The summed E-state index contributed by atoms with van der Waals surface area (Å²) in [5, 5.41) is 13.1. The number of benzene rings is 1. The maximum absolute atomic E-state index is 11.9. The van der Waals surface area contributed by atoms with E-state index in [1.54, 1.807) is 0 Å². The van der Waals surface area contributed by atoms with Gasteiger partial charge in [-0.15, -0.1) is 0 Å². The van der Waals surface area contributed by atoms with Crippen molar-refractivity contribution in [3.63, 3.8) is 0 Å². The van der Waals surface area contributed by atoms with E-state index in [0.29, 0.717) is 25.4 Å². The Morgan fingerprint density at radius 3 is 2.78 bits per heavy atom. The number of aliphatic hydroxyl groups is 1. The van der Waals surface area contributed by atoms with Crippen molar-refractivity contribution in [3.05, 3.63) is 35.4 Å². The molecule has 1 heterocycles. The van der Waals surface area contributed by atoms with Gasteiger partial charge in [0.05, 0.1) is 6.10 Å². The fourth-order valence-corrected chi connectivity index (χ4v) is 3.85. The van der Waals surface area contributed by atoms with Gasteiger partial charge in [-0.2, -0.15) is 0 Å². The summed E-state index contributed by atoms with van der Waals surface area (Å²) in [7, 11) is 0. The molecule has 1 aromatic rings. The number of rotatable bonds is 6. The average Bonchev–Trinajstić information content (AvgIpc) is 3.06. The highest BCUT2D eigenvalue weighted by molar-refractivity contribution is 5.76. The first kappa shape index (κ1) is 16.5. The van der Waals surface area contributed by atoms with E-state index in [-0.39, 0.29) is 5.91 Å². The molecule has 23 heavy (non-hydrogen) atoms. The molecule has 1 aliphatic heterocycles. The zero-order valence-corrected chi connectivity index (χ0v) is 13.8. The van der Waals surface area contributed by atoms with Gasteiger partial charge in [0.1, 0.15) is 0 Å². The van der Waals surface area contributed by atoms with E-state index in [0.717, 1.165) is 19.5 Å². The summed E-state index contributed by atoms with van der Waals surface area (Å²) in [4.78, 5) is 14.2. The summed E-state index contributed by atoms with van der Waals surface area (Å²) in [6.07, 6.45) is 6.06. The van der Waals surface area contributed by atoms with Crippen LogP contribution < -0.4 is 5.32 Å². The quantitative estimate of drug-likeness (QED) is 0.845. The molecule has 1 amide bonds. The van der Waals surface area contributed by atoms with Crippen molar-refractivity contribution in [2.75, 3.05) is 19.6 Å². The first-order chi connectivity index (χ1) is 11.2. The lowest BCUT2D eigenvalue weighted by Gasteiger charge is -2.30. The maximum Gasteiger partial charge on any atom is 0.220 e. The van der Waals surface area contributed by atoms with Crippen molar-refractivity contribution in [1.82, 2.24) is 10.2 Å². The Labute approximate surface area is 138 Å². The molecule has 0 aromatic heterocycles. The van der Waals surface area contributed by atoms with Gasteiger partial charge in [-0.1, -0.05) is 37.1 Å². The Morgan fingerprint density at radius 2 is 2.00 bits per heavy atom. The van der Waals surface area contributed by atoms with Gasteiger partial charge in [0, 0.05) is 32.6 Å². The lowest BCUT2D eigenvalue weighted by atomic mass is 10.00.